The van der Waals surface area contributed by atoms with Crippen molar-refractivity contribution in [3.63, 3.8) is 0 Å². The molecule has 0 unspecified atom stereocenters. The van der Waals surface area contributed by atoms with Crippen LogP contribution in [0.3, 0.4) is 0 Å². The highest BCUT2D eigenvalue weighted by Gasteiger charge is 2.38. The summed E-state index contributed by atoms with van der Waals surface area (Å²) in [5.41, 5.74) is 2.00. The molecule has 1 N–H and O–H groups in total. The smallest absolute Gasteiger partial charge is 0.346 e. The number of nitrogens with one attached hydrogen (secondary N) is 1. The fourth-order valence-corrected chi connectivity index (χ4v) is 2.99. The Morgan fingerprint density at radius 1 is 1.09 bits per heavy atom. The van der Waals surface area contributed by atoms with Crippen LogP contribution in [0.2, 0.25) is 5.02 Å². The van der Waals surface area contributed by atoms with Crippen LogP contribution < -0.4 is 5.32 Å². The molecule has 0 saturated carbocycles. The van der Waals surface area contributed by atoms with E-state index in [0.717, 1.165) is 5.69 Å². The molecule has 0 saturated heterocycles. The van der Waals surface area contributed by atoms with E-state index in [-0.39, 0.29) is 17.8 Å². The van der Waals surface area contributed by atoms with Crippen molar-refractivity contribution in [2.75, 3.05) is 0 Å². The predicted molar refractivity (Wildman–Crippen MR) is 110 cm³/mol. The Balaban J connectivity index is 1.73. The van der Waals surface area contributed by atoms with Gasteiger partial charge in [-0.1, -0.05) is 11.6 Å². The maximum atomic E-state index is 13.3. The Kier molecular flexibility index (Phi) is 6.01. The highest BCUT2D eigenvalue weighted by molar-refractivity contribution is 6.30. The molecule has 3 aromatic heterocycles. The Hall–Kier alpha value is -3.93. The summed E-state index contributed by atoms with van der Waals surface area (Å²) in [6.07, 6.45) is -0.337. The second-order valence-electron chi connectivity index (χ2n) is 6.87. The second-order valence-corrected chi connectivity index (χ2v) is 7.31. The molecule has 0 atom stereocenters. The van der Waals surface area contributed by atoms with E-state index in [2.05, 4.69) is 35.8 Å². The third-order valence-electron chi connectivity index (χ3n) is 4.44. The number of nitrogens with zero attached hydrogens (tertiary/aromatic N) is 7. The number of carbonyl (C=O) groups is 1. The quantitative estimate of drug-likeness (QED) is 0.471. The Bertz CT molecular complexity index is 1290. The number of benzene rings is 1. The standard InChI is InChI=1S/C20H14ClF3N8O/c1-11-7-26-15(9-25-11)10-28-18(33)13-4-12(17-3-2-14(21)8-27-17)5-16(6-13)32-19(20(22,23)24)29-30-31-32/h2-9H,10H2,1H3,(H,28,33). The van der Waals surface area contributed by atoms with Gasteiger partial charge in [0.25, 0.3) is 11.7 Å². The van der Waals surface area contributed by atoms with Crippen LogP contribution >= 0.6 is 11.6 Å². The molecular formula is C20H14ClF3N8O. The van der Waals surface area contributed by atoms with E-state index in [9.17, 15) is 18.0 Å². The minimum atomic E-state index is -4.80. The fourth-order valence-electron chi connectivity index (χ4n) is 2.88. The molecule has 0 fully saturated rings. The van der Waals surface area contributed by atoms with E-state index in [0.29, 0.717) is 26.7 Å². The van der Waals surface area contributed by atoms with Gasteiger partial charge in [0, 0.05) is 23.5 Å². The van der Waals surface area contributed by atoms with E-state index < -0.39 is 17.9 Å². The number of hydrogen-bond donors (Lipinski definition) is 1. The Morgan fingerprint density at radius 3 is 2.58 bits per heavy atom. The third-order valence-corrected chi connectivity index (χ3v) is 4.66. The lowest BCUT2D eigenvalue weighted by Crippen LogP contribution is -2.24. The van der Waals surface area contributed by atoms with Gasteiger partial charge in [0.15, 0.2) is 0 Å². The Morgan fingerprint density at radius 2 is 1.91 bits per heavy atom. The minimum Gasteiger partial charge on any atom is -0.346 e. The summed E-state index contributed by atoms with van der Waals surface area (Å²) in [6, 6.07) is 7.29. The van der Waals surface area contributed by atoms with Crippen LogP contribution in [0.1, 0.15) is 27.6 Å². The van der Waals surface area contributed by atoms with Gasteiger partial charge in [-0.25, -0.2) is 0 Å². The summed E-state index contributed by atoms with van der Waals surface area (Å²) >= 11 is 5.88. The SMILES string of the molecule is Cc1cnc(CNC(=O)c2cc(-c3ccc(Cl)cn3)cc(-n3nnnc3C(F)(F)F)c2)cn1. The molecule has 0 spiro atoms. The minimum absolute atomic E-state index is 0.0677. The van der Waals surface area contributed by atoms with Crippen molar-refractivity contribution in [3.8, 4) is 16.9 Å². The van der Waals surface area contributed by atoms with E-state index >= 15 is 0 Å². The molecule has 3 heterocycles. The number of halogens is 4. The van der Waals surface area contributed by atoms with E-state index in [1.54, 1.807) is 25.3 Å². The molecule has 0 aliphatic heterocycles. The molecule has 4 aromatic rings. The van der Waals surface area contributed by atoms with Gasteiger partial charge < -0.3 is 5.32 Å². The monoisotopic (exact) mass is 474 g/mol. The molecule has 33 heavy (non-hydrogen) atoms. The molecule has 13 heteroatoms. The number of aryl methyl sites for hydroxylation is 1. The number of hydrogen-bond acceptors (Lipinski definition) is 7. The molecule has 0 aliphatic carbocycles. The van der Waals surface area contributed by atoms with Crippen molar-refractivity contribution in [2.45, 2.75) is 19.6 Å². The normalized spacial score (nSPS) is 11.4. The van der Waals surface area contributed by atoms with E-state index in [4.69, 9.17) is 11.6 Å². The van der Waals surface area contributed by atoms with Gasteiger partial charge in [-0.3, -0.25) is 19.7 Å². The van der Waals surface area contributed by atoms with Crippen molar-refractivity contribution < 1.29 is 18.0 Å². The average molecular weight is 475 g/mol. The van der Waals surface area contributed by atoms with Crippen LogP contribution in [0.15, 0.2) is 48.9 Å². The number of pyridine rings is 1. The first-order chi connectivity index (χ1) is 15.7. The molecule has 0 aliphatic rings. The van der Waals surface area contributed by atoms with E-state index in [1.807, 2.05) is 0 Å². The third kappa shape index (κ3) is 5.12. The van der Waals surface area contributed by atoms with Crippen LogP contribution in [0.5, 0.6) is 0 Å². The second kappa shape index (κ2) is 8.90. The van der Waals surface area contributed by atoms with Crippen LogP contribution in [-0.4, -0.2) is 41.1 Å². The number of rotatable bonds is 5. The topological polar surface area (TPSA) is 111 Å². The van der Waals surface area contributed by atoms with Gasteiger partial charge >= 0.3 is 6.18 Å². The van der Waals surface area contributed by atoms with Crippen molar-refractivity contribution in [3.05, 3.63) is 76.7 Å². The predicted octanol–water partition coefficient (Wildman–Crippen LogP) is 3.42. The van der Waals surface area contributed by atoms with Crippen molar-refractivity contribution in [1.82, 2.24) is 40.5 Å². The molecule has 9 nitrogen and oxygen atoms in total. The van der Waals surface area contributed by atoms with Crippen molar-refractivity contribution >= 4 is 17.5 Å². The van der Waals surface area contributed by atoms with Crippen LogP contribution in [-0.2, 0) is 12.7 Å². The lowest BCUT2D eigenvalue weighted by atomic mass is 10.1. The summed E-state index contributed by atoms with van der Waals surface area (Å²) in [5, 5.41) is 12.7. The summed E-state index contributed by atoms with van der Waals surface area (Å²) in [6.45, 7) is 1.85. The van der Waals surface area contributed by atoms with Gasteiger partial charge in [0.1, 0.15) is 0 Å². The van der Waals surface area contributed by atoms with Crippen LogP contribution in [0, 0.1) is 6.92 Å². The zero-order valence-corrected chi connectivity index (χ0v) is 17.6. The first-order valence-electron chi connectivity index (χ1n) is 9.39. The number of alkyl halides is 3. The Labute approximate surface area is 189 Å². The van der Waals surface area contributed by atoms with Gasteiger partial charge in [0.2, 0.25) is 0 Å². The first kappa shape index (κ1) is 22.3. The molecule has 168 valence electrons. The van der Waals surface area contributed by atoms with E-state index in [1.165, 1.54) is 30.6 Å². The number of aromatic nitrogens is 7. The van der Waals surface area contributed by atoms with Gasteiger partial charge in [0.05, 0.1) is 40.5 Å². The molecule has 0 bridgehead atoms. The van der Waals surface area contributed by atoms with Crippen molar-refractivity contribution in [2.24, 2.45) is 0 Å². The summed E-state index contributed by atoms with van der Waals surface area (Å²) in [7, 11) is 0. The molecule has 0 radical (unpaired) electrons. The largest absolute Gasteiger partial charge is 0.453 e. The maximum absolute atomic E-state index is 13.3. The number of tetrazole rings is 1. The summed E-state index contributed by atoms with van der Waals surface area (Å²) < 4.78 is 40.6. The molecule has 4 rings (SSSR count). The zero-order chi connectivity index (χ0) is 23.6. The number of carbonyl (C=O) groups excluding carboxylic acids is 1. The molecule has 1 amide bonds. The van der Waals surface area contributed by atoms with Gasteiger partial charge in [-0.2, -0.15) is 17.9 Å². The fraction of sp³-hybridized carbons (Fsp3) is 0.150. The summed E-state index contributed by atoms with van der Waals surface area (Å²) in [5.74, 6) is -1.87. The highest BCUT2D eigenvalue weighted by atomic mass is 35.5. The van der Waals surface area contributed by atoms with Gasteiger partial charge in [-0.05, 0) is 47.7 Å². The van der Waals surface area contributed by atoms with Crippen LogP contribution in [0.25, 0.3) is 16.9 Å². The lowest BCUT2D eigenvalue weighted by molar-refractivity contribution is -0.146. The maximum Gasteiger partial charge on any atom is 0.453 e. The number of amides is 1. The lowest BCUT2D eigenvalue weighted by Gasteiger charge is -2.12. The van der Waals surface area contributed by atoms with Crippen molar-refractivity contribution in [1.29, 1.82) is 0 Å². The zero-order valence-electron chi connectivity index (χ0n) is 16.9. The highest BCUT2D eigenvalue weighted by Crippen LogP contribution is 2.30. The van der Waals surface area contributed by atoms with Gasteiger partial charge in [-0.15, -0.1) is 5.10 Å². The molecular weight excluding hydrogens is 461 g/mol. The average Bonchev–Trinajstić information content (AvgIpc) is 3.29. The van der Waals surface area contributed by atoms with Crippen LogP contribution in [0.4, 0.5) is 13.2 Å². The molecule has 1 aromatic carbocycles. The summed E-state index contributed by atoms with van der Waals surface area (Å²) in [4.78, 5) is 25.3. The first-order valence-corrected chi connectivity index (χ1v) is 9.77.